The van der Waals surface area contributed by atoms with Crippen LogP contribution < -0.4 is 5.73 Å². The van der Waals surface area contributed by atoms with Crippen LogP contribution in [0.1, 0.15) is 12.5 Å². The highest BCUT2D eigenvalue weighted by atomic mass is 35.5. The Morgan fingerprint density at radius 1 is 1.33 bits per heavy atom. The van der Waals surface area contributed by atoms with E-state index in [1.165, 1.54) is 5.56 Å². The highest BCUT2D eigenvalue weighted by molar-refractivity contribution is 6.17. The molecule has 2 N–H and O–H groups in total. The van der Waals surface area contributed by atoms with E-state index >= 15 is 0 Å². The zero-order valence-electron chi connectivity index (χ0n) is 7.46. The molecule has 1 rings (SSSR count). The Labute approximate surface area is 79.5 Å². The molecule has 1 nitrogen and oxygen atoms in total. The molecule has 0 radical (unpaired) electrons. The van der Waals surface area contributed by atoms with Crippen LogP contribution in [-0.4, -0.2) is 12.4 Å². The third-order valence-corrected chi connectivity index (χ3v) is 1.28. The van der Waals surface area contributed by atoms with Crippen LogP contribution in [0.4, 0.5) is 0 Å². The number of benzene rings is 1. The fourth-order valence-corrected chi connectivity index (χ4v) is 0.811. The van der Waals surface area contributed by atoms with Crippen LogP contribution in [0, 0.1) is 0 Å². The maximum atomic E-state index is 5.36. The average molecular weight is 188 g/mol. The molecule has 0 fully saturated rings. The summed E-state index contributed by atoms with van der Waals surface area (Å²) in [4.78, 5) is 0. The normalized spacial score (nSPS) is 8.58. The quantitative estimate of drug-likeness (QED) is 0.708. The molecule has 68 valence electrons. The molecule has 0 atom stereocenters. The van der Waals surface area contributed by atoms with Crippen molar-refractivity contribution in [3.8, 4) is 0 Å². The maximum absolute atomic E-state index is 5.36. The molecule has 0 aliphatic carbocycles. The van der Waals surface area contributed by atoms with Crippen LogP contribution in [0.2, 0.25) is 0 Å². The van der Waals surface area contributed by atoms with Gasteiger partial charge in [-0.05, 0) is 18.5 Å². The highest BCUT2D eigenvalue weighted by Crippen LogP contribution is 1.96. The maximum Gasteiger partial charge on any atom is 0.0195 e. The zero-order chi connectivity index (χ0) is 9.23. The van der Waals surface area contributed by atoms with Crippen LogP contribution in [0.5, 0.6) is 0 Å². The predicted molar refractivity (Wildman–Crippen MR) is 55.6 cm³/mol. The molecule has 12 heavy (non-hydrogen) atoms. The van der Waals surface area contributed by atoms with Gasteiger partial charge < -0.3 is 5.73 Å². The lowest BCUT2D eigenvalue weighted by Gasteiger charge is -1.93. The second-order valence-electron chi connectivity index (χ2n) is 2.29. The van der Waals surface area contributed by atoms with Gasteiger partial charge in [0.15, 0.2) is 0 Å². The fourth-order valence-electron chi connectivity index (χ4n) is 0.811. The summed E-state index contributed by atoms with van der Waals surface area (Å²) in [7, 11) is 0. The van der Waals surface area contributed by atoms with Crippen LogP contribution in [0.25, 0.3) is 0 Å². The van der Waals surface area contributed by atoms with Gasteiger partial charge in [-0.2, -0.15) is 0 Å². The van der Waals surface area contributed by atoms with E-state index in [-0.39, 0.29) is 0 Å². The van der Waals surface area contributed by atoms with Gasteiger partial charge in [0.2, 0.25) is 0 Å². The minimum Gasteiger partial charge on any atom is -0.330 e. The lowest BCUT2D eigenvalue weighted by molar-refractivity contribution is 0.969. The van der Waals surface area contributed by atoms with Gasteiger partial charge in [0.05, 0.1) is 0 Å². The Bertz CT molecular complexity index is 174. The van der Waals surface area contributed by atoms with Crippen molar-refractivity contribution in [2.75, 3.05) is 12.4 Å². The first-order chi connectivity index (χ1) is 5.85. The van der Waals surface area contributed by atoms with Crippen LogP contribution in [0.15, 0.2) is 30.3 Å². The second kappa shape index (κ2) is 8.57. The van der Waals surface area contributed by atoms with Crippen LogP contribution in [-0.2, 0) is 6.42 Å². The van der Waals surface area contributed by atoms with Crippen molar-refractivity contribution in [1.82, 2.24) is 0 Å². The number of hydrogen-bond donors (Lipinski definition) is 1. The number of rotatable bonds is 2. The minimum absolute atomic E-state index is 0.722. The molecular formula is C10H16ClN. The Hall–Kier alpha value is -0.530. The van der Waals surface area contributed by atoms with Gasteiger partial charge >= 0.3 is 0 Å². The number of nitrogens with two attached hydrogens (primary N) is 1. The molecule has 0 amide bonds. The Kier molecular flexibility index (Phi) is 8.19. The zero-order valence-corrected chi connectivity index (χ0v) is 8.22. The summed E-state index contributed by atoms with van der Waals surface area (Å²) in [5.41, 5.74) is 6.68. The van der Waals surface area contributed by atoms with E-state index in [1.54, 1.807) is 0 Å². The SMILES string of the molecule is C[14CH2]Cl.NCCc1ccccc1. The largest absolute Gasteiger partial charge is 0.330 e. The first-order valence-electron chi connectivity index (χ1n) is 4.15. The van der Waals surface area contributed by atoms with Gasteiger partial charge in [0.1, 0.15) is 0 Å². The first kappa shape index (κ1) is 11.5. The number of halogens is 1. The van der Waals surface area contributed by atoms with Crippen molar-refractivity contribution in [2.45, 2.75) is 13.3 Å². The smallest absolute Gasteiger partial charge is 0.0195 e. The molecule has 0 bridgehead atoms. The lowest BCUT2D eigenvalue weighted by atomic mass is 10.2. The van der Waals surface area contributed by atoms with E-state index in [9.17, 15) is 0 Å². The van der Waals surface area contributed by atoms with E-state index in [4.69, 9.17) is 17.3 Å². The summed E-state index contributed by atoms with van der Waals surface area (Å²) in [5.74, 6) is 0.722. The average Bonchev–Trinajstić information content (AvgIpc) is 2.08. The van der Waals surface area contributed by atoms with Gasteiger partial charge in [0.25, 0.3) is 0 Å². The summed E-state index contributed by atoms with van der Waals surface area (Å²) in [5, 5.41) is 0. The predicted octanol–water partition coefficient (Wildman–Crippen LogP) is 2.43. The Morgan fingerprint density at radius 3 is 2.25 bits per heavy atom. The van der Waals surface area contributed by atoms with Crippen molar-refractivity contribution in [2.24, 2.45) is 5.73 Å². The van der Waals surface area contributed by atoms with Crippen LogP contribution in [0.3, 0.4) is 0 Å². The van der Waals surface area contributed by atoms with Gasteiger partial charge in [0, 0.05) is 5.88 Å². The molecule has 0 aliphatic heterocycles. The topological polar surface area (TPSA) is 26.0 Å². The van der Waals surface area contributed by atoms with Crippen molar-refractivity contribution in [3.05, 3.63) is 35.9 Å². The molecule has 1 aromatic carbocycles. The van der Waals surface area contributed by atoms with Gasteiger partial charge in [-0.3, -0.25) is 0 Å². The summed E-state index contributed by atoms with van der Waals surface area (Å²) < 4.78 is 0. The summed E-state index contributed by atoms with van der Waals surface area (Å²) >= 11 is 5.00. The third kappa shape index (κ3) is 6.20. The summed E-state index contributed by atoms with van der Waals surface area (Å²) in [6.45, 7) is 2.63. The number of alkyl halides is 1. The molecular weight excluding hydrogens is 172 g/mol. The first-order valence-corrected chi connectivity index (χ1v) is 4.68. The standard InChI is InChI=1S/C8H11N.C2H5Cl/c9-7-6-8-4-2-1-3-5-8;1-2-3/h1-5H,6-7,9H2;2H2,1H3/i;2+2. The van der Waals surface area contributed by atoms with Crippen LogP contribution >= 0.6 is 11.6 Å². The summed E-state index contributed by atoms with van der Waals surface area (Å²) in [6, 6.07) is 10.3. The van der Waals surface area contributed by atoms with Gasteiger partial charge in [-0.1, -0.05) is 37.3 Å². The summed E-state index contributed by atoms with van der Waals surface area (Å²) in [6.07, 6.45) is 0.987. The molecule has 0 saturated carbocycles. The van der Waals surface area contributed by atoms with E-state index in [2.05, 4.69) is 12.1 Å². The molecule has 0 spiro atoms. The third-order valence-electron chi connectivity index (χ3n) is 1.28. The van der Waals surface area contributed by atoms with E-state index in [1.807, 2.05) is 25.1 Å². The molecule has 0 heterocycles. The van der Waals surface area contributed by atoms with Crippen molar-refractivity contribution >= 4 is 11.6 Å². The monoisotopic (exact) mass is 187 g/mol. The fraction of sp³-hybridized carbons (Fsp3) is 0.400. The second-order valence-corrected chi connectivity index (χ2v) is 2.83. The molecule has 0 aliphatic rings. The van der Waals surface area contributed by atoms with Crippen molar-refractivity contribution in [1.29, 1.82) is 0 Å². The lowest BCUT2D eigenvalue weighted by Crippen LogP contribution is -2.01. The van der Waals surface area contributed by atoms with E-state index < -0.39 is 0 Å². The van der Waals surface area contributed by atoms with E-state index in [0.29, 0.717) is 0 Å². The Balaban J connectivity index is 0.000000354. The van der Waals surface area contributed by atoms with E-state index in [0.717, 1.165) is 18.8 Å². The van der Waals surface area contributed by atoms with Gasteiger partial charge in [-0.25, -0.2) is 0 Å². The van der Waals surface area contributed by atoms with Gasteiger partial charge in [-0.15, -0.1) is 11.6 Å². The minimum atomic E-state index is 0.722. The molecule has 0 aromatic heterocycles. The highest BCUT2D eigenvalue weighted by Gasteiger charge is 1.84. The van der Waals surface area contributed by atoms with Crippen molar-refractivity contribution < 1.29 is 0 Å². The number of hydrogen-bond acceptors (Lipinski definition) is 1. The molecule has 2 heteroatoms. The molecule has 0 saturated heterocycles. The molecule has 0 unspecified atom stereocenters. The van der Waals surface area contributed by atoms with Crippen molar-refractivity contribution in [3.63, 3.8) is 0 Å². The molecule has 1 aromatic rings. The Morgan fingerprint density at radius 2 is 1.83 bits per heavy atom.